The summed E-state index contributed by atoms with van der Waals surface area (Å²) in [6, 6.07) is 7.83. The molecule has 0 fully saturated rings. The maximum atomic E-state index is 10.8. The normalized spacial score (nSPS) is 11.9. The summed E-state index contributed by atoms with van der Waals surface area (Å²) in [5, 5.41) is 0. The standard InChI is InChI=1S/C15H20O/c1-12(2)10-13(3)8-9-14-6-4-5-7-15(14)11-16/h4-7,10-11,13H,8-9H2,1-3H3. The van der Waals surface area contributed by atoms with Crippen LogP contribution in [0, 0.1) is 5.92 Å². The zero-order valence-corrected chi connectivity index (χ0v) is 10.4. The molecule has 0 aliphatic rings. The van der Waals surface area contributed by atoms with Crippen molar-refractivity contribution >= 4 is 6.29 Å². The SMILES string of the molecule is CC(C)=CC(C)CCc1ccccc1C=O. The highest BCUT2D eigenvalue weighted by atomic mass is 16.1. The predicted octanol–water partition coefficient (Wildman–Crippen LogP) is 4.03. The number of hydrogen-bond donors (Lipinski definition) is 0. The van der Waals surface area contributed by atoms with Gasteiger partial charge < -0.3 is 0 Å². The zero-order chi connectivity index (χ0) is 12.0. The second kappa shape index (κ2) is 6.26. The molecule has 1 unspecified atom stereocenters. The molecule has 0 amide bonds. The molecule has 1 atom stereocenters. The molecule has 1 aromatic carbocycles. The van der Waals surface area contributed by atoms with E-state index in [-0.39, 0.29) is 0 Å². The first-order valence-corrected chi connectivity index (χ1v) is 5.81. The molecule has 0 saturated heterocycles. The Kier molecular flexibility index (Phi) is 4.97. The minimum Gasteiger partial charge on any atom is -0.298 e. The molecule has 0 aliphatic carbocycles. The fraction of sp³-hybridized carbons (Fsp3) is 0.400. The van der Waals surface area contributed by atoms with E-state index < -0.39 is 0 Å². The smallest absolute Gasteiger partial charge is 0.150 e. The van der Waals surface area contributed by atoms with Gasteiger partial charge in [0.05, 0.1) is 0 Å². The van der Waals surface area contributed by atoms with Crippen LogP contribution < -0.4 is 0 Å². The van der Waals surface area contributed by atoms with Crippen LogP contribution in [0.25, 0.3) is 0 Å². The Hall–Kier alpha value is -1.37. The monoisotopic (exact) mass is 216 g/mol. The van der Waals surface area contributed by atoms with Gasteiger partial charge in [0.25, 0.3) is 0 Å². The summed E-state index contributed by atoms with van der Waals surface area (Å²) < 4.78 is 0. The lowest BCUT2D eigenvalue weighted by Gasteiger charge is -2.08. The van der Waals surface area contributed by atoms with Crippen LogP contribution in [0.2, 0.25) is 0 Å². The van der Waals surface area contributed by atoms with Crippen molar-refractivity contribution in [2.45, 2.75) is 33.6 Å². The molecule has 0 bridgehead atoms. The summed E-state index contributed by atoms with van der Waals surface area (Å²) in [6.45, 7) is 6.46. The Morgan fingerprint density at radius 3 is 2.62 bits per heavy atom. The maximum Gasteiger partial charge on any atom is 0.150 e. The van der Waals surface area contributed by atoms with Gasteiger partial charge in [-0.05, 0) is 38.2 Å². The molecular formula is C15H20O. The zero-order valence-electron chi connectivity index (χ0n) is 10.4. The van der Waals surface area contributed by atoms with Gasteiger partial charge >= 0.3 is 0 Å². The molecule has 1 heteroatoms. The summed E-state index contributed by atoms with van der Waals surface area (Å²) in [5.74, 6) is 0.574. The van der Waals surface area contributed by atoms with Gasteiger partial charge in [-0.2, -0.15) is 0 Å². The van der Waals surface area contributed by atoms with Crippen LogP contribution in [0.15, 0.2) is 35.9 Å². The average molecular weight is 216 g/mol. The first-order valence-electron chi connectivity index (χ1n) is 5.81. The molecule has 0 radical (unpaired) electrons. The lowest BCUT2D eigenvalue weighted by Crippen LogP contribution is -1.97. The highest BCUT2D eigenvalue weighted by Crippen LogP contribution is 2.14. The van der Waals surface area contributed by atoms with Crippen molar-refractivity contribution in [3.8, 4) is 0 Å². The van der Waals surface area contributed by atoms with Crippen molar-refractivity contribution in [2.75, 3.05) is 0 Å². The lowest BCUT2D eigenvalue weighted by atomic mass is 9.97. The van der Waals surface area contributed by atoms with Crippen molar-refractivity contribution in [3.05, 3.63) is 47.0 Å². The first-order chi connectivity index (χ1) is 7.63. The Labute approximate surface area is 98.2 Å². The molecule has 1 nitrogen and oxygen atoms in total. The van der Waals surface area contributed by atoms with Gasteiger partial charge in [0, 0.05) is 5.56 Å². The number of carbonyl (C=O) groups excluding carboxylic acids is 1. The molecule has 0 aromatic heterocycles. The van der Waals surface area contributed by atoms with E-state index in [0.717, 1.165) is 30.3 Å². The highest BCUT2D eigenvalue weighted by molar-refractivity contribution is 5.77. The van der Waals surface area contributed by atoms with E-state index in [4.69, 9.17) is 0 Å². The van der Waals surface area contributed by atoms with Gasteiger partial charge in [-0.3, -0.25) is 4.79 Å². The van der Waals surface area contributed by atoms with Crippen LogP contribution in [0.3, 0.4) is 0 Å². The van der Waals surface area contributed by atoms with E-state index in [2.05, 4.69) is 26.8 Å². The lowest BCUT2D eigenvalue weighted by molar-refractivity contribution is 0.112. The Bertz CT molecular complexity index is 373. The van der Waals surface area contributed by atoms with E-state index >= 15 is 0 Å². The molecule has 0 aliphatic heterocycles. The number of aryl methyl sites for hydroxylation is 1. The summed E-state index contributed by atoms with van der Waals surface area (Å²) in [6.07, 6.45) is 5.29. The third-order valence-corrected chi connectivity index (χ3v) is 2.67. The van der Waals surface area contributed by atoms with Crippen LogP contribution in [0.5, 0.6) is 0 Å². The van der Waals surface area contributed by atoms with Crippen LogP contribution in [-0.2, 0) is 6.42 Å². The summed E-state index contributed by atoms with van der Waals surface area (Å²) in [7, 11) is 0. The van der Waals surface area contributed by atoms with E-state index in [1.54, 1.807) is 0 Å². The topological polar surface area (TPSA) is 17.1 Å². The molecule has 1 rings (SSSR count). The van der Waals surface area contributed by atoms with Gasteiger partial charge in [0.15, 0.2) is 0 Å². The molecule has 0 spiro atoms. The second-order valence-electron chi connectivity index (χ2n) is 4.58. The Balaban J connectivity index is 2.61. The van der Waals surface area contributed by atoms with Crippen LogP contribution in [0.1, 0.15) is 43.1 Å². The fourth-order valence-electron chi connectivity index (χ4n) is 1.91. The van der Waals surface area contributed by atoms with E-state index in [9.17, 15) is 4.79 Å². The molecule has 0 saturated carbocycles. The quantitative estimate of drug-likeness (QED) is 0.536. The largest absolute Gasteiger partial charge is 0.298 e. The van der Waals surface area contributed by atoms with Crippen LogP contribution >= 0.6 is 0 Å². The summed E-state index contributed by atoms with van der Waals surface area (Å²) >= 11 is 0. The highest BCUT2D eigenvalue weighted by Gasteiger charge is 2.03. The molecule has 86 valence electrons. The van der Waals surface area contributed by atoms with E-state index in [1.807, 2.05) is 24.3 Å². The molecule has 0 N–H and O–H groups in total. The minimum absolute atomic E-state index is 0.574. The number of benzene rings is 1. The number of rotatable bonds is 5. The average Bonchev–Trinajstić information content (AvgIpc) is 2.26. The van der Waals surface area contributed by atoms with Crippen LogP contribution in [-0.4, -0.2) is 6.29 Å². The van der Waals surface area contributed by atoms with Crippen molar-refractivity contribution < 1.29 is 4.79 Å². The van der Waals surface area contributed by atoms with Gasteiger partial charge in [0.2, 0.25) is 0 Å². The number of carbonyl (C=O) groups is 1. The predicted molar refractivity (Wildman–Crippen MR) is 68.7 cm³/mol. The van der Waals surface area contributed by atoms with Gasteiger partial charge in [-0.1, -0.05) is 42.8 Å². The fourth-order valence-corrected chi connectivity index (χ4v) is 1.91. The number of allylic oxidation sites excluding steroid dienone is 2. The molecule has 16 heavy (non-hydrogen) atoms. The van der Waals surface area contributed by atoms with Crippen molar-refractivity contribution in [1.82, 2.24) is 0 Å². The third kappa shape index (κ3) is 4.01. The number of hydrogen-bond acceptors (Lipinski definition) is 1. The van der Waals surface area contributed by atoms with Crippen LogP contribution in [0.4, 0.5) is 0 Å². The summed E-state index contributed by atoms with van der Waals surface area (Å²) in [4.78, 5) is 10.8. The Morgan fingerprint density at radius 1 is 1.31 bits per heavy atom. The third-order valence-electron chi connectivity index (χ3n) is 2.67. The summed E-state index contributed by atoms with van der Waals surface area (Å²) in [5.41, 5.74) is 3.34. The second-order valence-corrected chi connectivity index (χ2v) is 4.58. The van der Waals surface area contributed by atoms with E-state index in [1.165, 1.54) is 5.57 Å². The van der Waals surface area contributed by atoms with Crippen molar-refractivity contribution in [3.63, 3.8) is 0 Å². The van der Waals surface area contributed by atoms with Gasteiger partial charge in [-0.15, -0.1) is 0 Å². The Morgan fingerprint density at radius 2 is 2.00 bits per heavy atom. The maximum absolute atomic E-state index is 10.8. The van der Waals surface area contributed by atoms with E-state index in [0.29, 0.717) is 5.92 Å². The van der Waals surface area contributed by atoms with Crippen molar-refractivity contribution in [1.29, 1.82) is 0 Å². The van der Waals surface area contributed by atoms with Gasteiger partial charge in [0.1, 0.15) is 6.29 Å². The van der Waals surface area contributed by atoms with Gasteiger partial charge in [-0.25, -0.2) is 0 Å². The first kappa shape index (κ1) is 12.7. The molecule has 1 aromatic rings. The molecular weight excluding hydrogens is 196 g/mol. The van der Waals surface area contributed by atoms with Crippen molar-refractivity contribution in [2.24, 2.45) is 5.92 Å². The number of aldehydes is 1. The minimum atomic E-state index is 0.574. The molecule has 0 heterocycles.